The zero-order chi connectivity index (χ0) is 26.4. The molecule has 0 unspecified atom stereocenters. The quantitative estimate of drug-likeness (QED) is 0.291. The number of phenols is 2. The van der Waals surface area contributed by atoms with E-state index in [-0.39, 0.29) is 46.3 Å². The first-order chi connectivity index (χ1) is 17.7. The van der Waals surface area contributed by atoms with Gasteiger partial charge in [0.05, 0.1) is 0 Å². The lowest BCUT2D eigenvalue weighted by molar-refractivity contribution is -0.278. The van der Waals surface area contributed by atoms with Crippen LogP contribution in [0.15, 0.2) is 39.5 Å². The third-order valence-electron chi connectivity index (χ3n) is 5.94. The van der Waals surface area contributed by atoms with E-state index in [2.05, 4.69) is 0 Å². The molecular formula is C24H22O13. The molecule has 13 heteroatoms. The molecule has 0 spiro atoms. The molecule has 1 fully saturated rings. The maximum Gasteiger partial charge on any atom is 0.302 e. The third-order valence-corrected chi connectivity index (χ3v) is 5.94. The number of esters is 1. The zero-order valence-corrected chi connectivity index (χ0v) is 19.2. The van der Waals surface area contributed by atoms with E-state index < -0.39 is 60.2 Å². The first kappa shape index (κ1) is 24.6. The highest BCUT2D eigenvalue weighted by Crippen LogP contribution is 2.46. The Balaban J connectivity index is 1.62. The van der Waals surface area contributed by atoms with Crippen LogP contribution in [-0.2, 0) is 14.3 Å². The van der Waals surface area contributed by atoms with Crippen LogP contribution >= 0.6 is 0 Å². The lowest BCUT2D eigenvalue weighted by atomic mass is 9.99. The summed E-state index contributed by atoms with van der Waals surface area (Å²) in [6.07, 6.45) is -8.30. The summed E-state index contributed by atoms with van der Waals surface area (Å²) in [5, 5.41) is 51.2. The van der Waals surface area contributed by atoms with Crippen LogP contribution in [0.4, 0.5) is 0 Å². The number of ether oxygens (including phenoxy) is 5. The molecule has 37 heavy (non-hydrogen) atoms. The summed E-state index contributed by atoms with van der Waals surface area (Å²) in [4.78, 5) is 24.8. The van der Waals surface area contributed by atoms with Crippen LogP contribution in [-0.4, -0.2) is 75.6 Å². The molecule has 0 bridgehead atoms. The second kappa shape index (κ2) is 9.44. The van der Waals surface area contributed by atoms with Crippen LogP contribution in [0.1, 0.15) is 6.92 Å². The van der Waals surface area contributed by atoms with Crippen LogP contribution in [0, 0.1) is 0 Å². The minimum atomic E-state index is -1.84. The molecule has 2 aliphatic rings. The van der Waals surface area contributed by atoms with Crippen molar-refractivity contribution in [2.45, 2.75) is 37.6 Å². The number of hydrogen-bond acceptors (Lipinski definition) is 13. The summed E-state index contributed by atoms with van der Waals surface area (Å²) in [6.45, 7) is 0.478. The van der Waals surface area contributed by atoms with Crippen molar-refractivity contribution < 1.29 is 58.4 Å². The van der Waals surface area contributed by atoms with Gasteiger partial charge in [-0.05, 0) is 24.3 Å². The fourth-order valence-corrected chi connectivity index (χ4v) is 4.05. The topological polar surface area (TPSA) is 195 Å². The van der Waals surface area contributed by atoms with Crippen LogP contribution < -0.4 is 19.6 Å². The molecule has 2 aromatic carbocycles. The Morgan fingerprint density at radius 1 is 1.05 bits per heavy atom. The number of benzene rings is 2. The maximum absolute atomic E-state index is 13.6. The zero-order valence-electron chi connectivity index (χ0n) is 19.2. The molecule has 5 atom stereocenters. The first-order valence-corrected chi connectivity index (χ1v) is 11.1. The van der Waals surface area contributed by atoms with Crippen molar-refractivity contribution in [2.75, 3.05) is 13.4 Å². The van der Waals surface area contributed by atoms with Gasteiger partial charge in [0.2, 0.25) is 30.0 Å². The molecular weight excluding hydrogens is 496 g/mol. The lowest BCUT2D eigenvalue weighted by Gasteiger charge is -2.39. The number of carbonyl (C=O) groups excluding carboxylic acids is 1. The molecule has 1 aromatic heterocycles. The molecule has 2 aliphatic heterocycles. The molecule has 196 valence electrons. The Kier molecular flexibility index (Phi) is 6.29. The third kappa shape index (κ3) is 4.38. The number of fused-ring (bicyclic) bond motifs is 2. The molecule has 1 saturated heterocycles. The Labute approximate surface area is 207 Å². The largest absolute Gasteiger partial charge is 0.508 e. The number of rotatable bonds is 5. The van der Waals surface area contributed by atoms with Gasteiger partial charge in [-0.15, -0.1) is 0 Å². The molecule has 13 nitrogen and oxygen atoms in total. The van der Waals surface area contributed by atoms with Crippen molar-refractivity contribution in [3.05, 3.63) is 40.6 Å². The molecule has 3 heterocycles. The molecule has 0 aliphatic carbocycles. The Morgan fingerprint density at radius 2 is 1.78 bits per heavy atom. The number of aliphatic hydroxyl groups is 3. The van der Waals surface area contributed by atoms with Crippen molar-refractivity contribution in [1.82, 2.24) is 0 Å². The Bertz CT molecular complexity index is 1400. The smallest absolute Gasteiger partial charge is 0.302 e. The van der Waals surface area contributed by atoms with Gasteiger partial charge in [0, 0.05) is 18.6 Å². The maximum atomic E-state index is 13.6. The summed E-state index contributed by atoms with van der Waals surface area (Å²) in [6, 6.07) is 6.88. The molecule has 0 radical (unpaired) electrons. The van der Waals surface area contributed by atoms with E-state index in [4.69, 9.17) is 28.1 Å². The second-order valence-electron chi connectivity index (χ2n) is 8.40. The van der Waals surface area contributed by atoms with Crippen molar-refractivity contribution >= 4 is 16.9 Å². The molecule has 3 aromatic rings. The monoisotopic (exact) mass is 518 g/mol. The number of carbonyl (C=O) groups is 1. The van der Waals surface area contributed by atoms with Crippen molar-refractivity contribution in [3.63, 3.8) is 0 Å². The second-order valence-corrected chi connectivity index (χ2v) is 8.40. The standard InChI is InChI=1S/C24H22O13/c1-9(25)32-7-14-16(27)19(30)20(31)24(36-14)37-23-18(29)15-12(6-13-22(17(15)28)34-8-33-13)35-21(23)10-2-4-11(26)5-3-10/h2-6,14,16,19-20,24,26-28,30-31H,7-8H2,1H3/t14-,16-,19+,20-,24+/m1/s1. The minimum absolute atomic E-state index is 0.0631. The lowest BCUT2D eigenvalue weighted by Crippen LogP contribution is -2.60. The van der Waals surface area contributed by atoms with Gasteiger partial charge in [-0.2, -0.15) is 0 Å². The van der Waals surface area contributed by atoms with Crippen molar-refractivity contribution in [3.8, 4) is 40.1 Å². The highest BCUT2D eigenvalue weighted by molar-refractivity contribution is 5.91. The van der Waals surface area contributed by atoms with Gasteiger partial charge in [-0.1, -0.05) is 0 Å². The molecule has 5 rings (SSSR count). The van der Waals surface area contributed by atoms with Crippen LogP contribution in [0.2, 0.25) is 0 Å². The highest BCUT2D eigenvalue weighted by Gasteiger charge is 2.46. The average molecular weight is 518 g/mol. The normalized spacial score (nSPS) is 24.7. The minimum Gasteiger partial charge on any atom is -0.508 e. The summed E-state index contributed by atoms with van der Waals surface area (Å²) in [5.41, 5.74) is -0.685. The number of aromatic hydroxyl groups is 2. The summed E-state index contributed by atoms with van der Waals surface area (Å²) >= 11 is 0. The van der Waals surface area contributed by atoms with Crippen LogP contribution in [0.25, 0.3) is 22.3 Å². The Morgan fingerprint density at radius 3 is 2.49 bits per heavy atom. The van der Waals surface area contributed by atoms with E-state index in [0.29, 0.717) is 0 Å². The summed E-state index contributed by atoms with van der Waals surface area (Å²) in [5.74, 6) is -1.91. The van der Waals surface area contributed by atoms with Gasteiger partial charge in [0.25, 0.3) is 0 Å². The average Bonchev–Trinajstić information content (AvgIpc) is 3.34. The van der Waals surface area contributed by atoms with Gasteiger partial charge in [-0.3, -0.25) is 9.59 Å². The van der Waals surface area contributed by atoms with E-state index >= 15 is 0 Å². The van der Waals surface area contributed by atoms with E-state index in [1.807, 2.05) is 0 Å². The van der Waals surface area contributed by atoms with E-state index in [9.17, 15) is 35.1 Å². The Hall–Kier alpha value is -4.04. The fraction of sp³-hybridized carbons (Fsp3) is 0.333. The van der Waals surface area contributed by atoms with Gasteiger partial charge >= 0.3 is 5.97 Å². The predicted molar refractivity (Wildman–Crippen MR) is 121 cm³/mol. The van der Waals surface area contributed by atoms with E-state index in [0.717, 1.165) is 6.92 Å². The van der Waals surface area contributed by atoms with Gasteiger partial charge < -0.3 is 53.6 Å². The summed E-state index contributed by atoms with van der Waals surface area (Å²) < 4.78 is 32.5. The van der Waals surface area contributed by atoms with Crippen LogP contribution in [0.3, 0.4) is 0 Å². The molecule has 0 saturated carbocycles. The molecule has 0 amide bonds. The molecule has 5 N–H and O–H groups in total. The van der Waals surface area contributed by atoms with E-state index in [1.54, 1.807) is 0 Å². The number of aliphatic hydroxyl groups excluding tert-OH is 3. The number of hydrogen-bond donors (Lipinski definition) is 5. The SMILES string of the molecule is CC(=O)OC[C@H]1O[C@@H](Oc2c(-c3ccc(O)cc3)oc3cc4c(c(O)c3c2=O)OCO4)[C@H](O)[C@@H](O)[C@@H]1O. The van der Waals surface area contributed by atoms with Gasteiger partial charge in [-0.25, -0.2) is 0 Å². The van der Waals surface area contributed by atoms with Crippen molar-refractivity contribution in [2.24, 2.45) is 0 Å². The van der Waals surface area contributed by atoms with Gasteiger partial charge in [0.1, 0.15) is 47.7 Å². The van der Waals surface area contributed by atoms with Crippen LogP contribution in [0.5, 0.6) is 28.7 Å². The van der Waals surface area contributed by atoms with Gasteiger partial charge in [0.15, 0.2) is 17.3 Å². The predicted octanol–water partition coefficient (Wildman–Crippen LogP) is 0.349. The van der Waals surface area contributed by atoms with E-state index in [1.165, 1.54) is 30.3 Å². The summed E-state index contributed by atoms with van der Waals surface area (Å²) in [7, 11) is 0. The first-order valence-electron chi connectivity index (χ1n) is 11.1. The number of phenolic OH excluding ortho intramolecular Hbond substituents is 2. The van der Waals surface area contributed by atoms with Crippen molar-refractivity contribution in [1.29, 1.82) is 0 Å². The highest BCUT2D eigenvalue weighted by atomic mass is 16.7. The fourth-order valence-electron chi connectivity index (χ4n) is 4.05.